The summed E-state index contributed by atoms with van der Waals surface area (Å²) >= 11 is 3.44. The van der Waals surface area contributed by atoms with E-state index in [1.165, 1.54) is 0 Å². The van der Waals surface area contributed by atoms with Crippen LogP contribution in [-0.4, -0.2) is 19.3 Å². The van der Waals surface area contributed by atoms with Crippen LogP contribution in [0.3, 0.4) is 0 Å². The van der Waals surface area contributed by atoms with Gasteiger partial charge in [-0.05, 0) is 37.5 Å². The molecule has 1 aliphatic heterocycles. The highest BCUT2D eigenvalue weighted by atomic mass is 79.9. The van der Waals surface area contributed by atoms with E-state index in [0.29, 0.717) is 13.0 Å². The number of nitrogens with zero attached hydrogens (tertiary/aromatic N) is 1. The Morgan fingerprint density at radius 3 is 2.65 bits per heavy atom. The molecule has 1 saturated heterocycles. The van der Waals surface area contributed by atoms with Gasteiger partial charge >= 0.3 is 6.18 Å². The summed E-state index contributed by atoms with van der Waals surface area (Å²) in [4.78, 5) is 1.80. The molecule has 1 unspecified atom stereocenters. The third-order valence-corrected chi connectivity index (χ3v) is 4.41. The lowest BCUT2D eigenvalue weighted by atomic mass is 9.97. The number of rotatable bonds is 2. The zero-order chi connectivity index (χ0) is 14.9. The topological polar surface area (TPSA) is 29.3 Å². The van der Waals surface area contributed by atoms with Crippen molar-refractivity contribution in [2.45, 2.75) is 32.0 Å². The third-order valence-electron chi connectivity index (χ3n) is 3.72. The van der Waals surface area contributed by atoms with Crippen LogP contribution in [0.2, 0.25) is 0 Å². The Kier molecular flexibility index (Phi) is 4.64. The van der Waals surface area contributed by atoms with Crippen LogP contribution < -0.4 is 10.6 Å². The molecule has 0 spiro atoms. The van der Waals surface area contributed by atoms with Crippen molar-refractivity contribution in [2.75, 3.05) is 18.0 Å². The first-order valence-electron chi connectivity index (χ1n) is 6.65. The Labute approximate surface area is 125 Å². The van der Waals surface area contributed by atoms with Gasteiger partial charge in [0, 0.05) is 29.3 Å². The van der Waals surface area contributed by atoms with Crippen molar-refractivity contribution in [1.82, 2.24) is 0 Å². The summed E-state index contributed by atoms with van der Waals surface area (Å²) in [6, 6.07) is 5.48. The molecule has 1 aromatic carbocycles. The van der Waals surface area contributed by atoms with Crippen LogP contribution in [0.15, 0.2) is 22.7 Å². The molecule has 1 aliphatic rings. The SMILES string of the molecule is C[C@H](N)c1ccc(N2CCCC(C(F)(F)F)C2)cc1Br. The first-order valence-corrected chi connectivity index (χ1v) is 7.45. The van der Waals surface area contributed by atoms with Gasteiger partial charge in [-0.2, -0.15) is 13.2 Å². The lowest BCUT2D eigenvalue weighted by Gasteiger charge is -2.35. The van der Waals surface area contributed by atoms with Crippen LogP contribution in [0.5, 0.6) is 0 Å². The maximum absolute atomic E-state index is 12.8. The van der Waals surface area contributed by atoms with Crippen molar-refractivity contribution in [3.8, 4) is 0 Å². The first kappa shape index (κ1) is 15.6. The van der Waals surface area contributed by atoms with E-state index in [-0.39, 0.29) is 19.0 Å². The molecule has 0 aromatic heterocycles. The molecule has 0 aliphatic carbocycles. The monoisotopic (exact) mass is 350 g/mol. The quantitative estimate of drug-likeness (QED) is 0.863. The summed E-state index contributed by atoms with van der Waals surface area (Å²) in [5, 5.41) is 0. The number of nitrogens with two attached hydrogens (primary N) is 1. The predicted molar refractivity (Wildman–Crippen MR) is 77.7 cm³/mol. The van der Waals surface area contributed by atoms with Gasteiger partial charge in [0.15, 0.2) is 0 Å². The molecule has 0 radical (unpaired) electrons. The maximum atomic E-state index is 12.8. The van der Waals surface area contributed by atoms with Gasteiger partial charge in [0.1, 0.15) is 0 Å². The number of piperidine rings is 1. The van der Waals surface area contributed by atoms with Gasteiger partial charge in [-0.25, -0.2) is 0 Å². The highest BCUT2D eigenvalue weighted by molar-refractivity contribution is 9.10. The van der Waals surface area contributed by atoms with Crippen molar-refractivity contribution >= 4 is 21.6 Å². The molecule has 2 atom stereocenters. The van der Waals surface area contributed by atoms with Crippen LogP contribution in [0.25, 0.3) is 0 Å². The minimum atomic E-state index is -4.11. The fourth-order valence-corrected chi connectivity index (χ4v) is 3.29. The number of hydrogen-bond donors (Lipinski definition) is 1. The molecule has 112 valence electrons. The van der Waals surface area contributed by atoms with E-state index < -0.39 is 12.1 Å². The molecule has 0 amide bonds. The lowest BCUT2D eigenvalue weighted by Crippen LogP contribution is -2.41. The standard InChI is InChI=1S/C14H18BrF3N2/c1-9(19)12-5-4-11(7-13(12)15)20-6-2-3-10(8-20)14(16,17)18/h4-5,7,9-10H,2-3,6,8,19H2,1H3/t9-,10?/m0/s1. The average molecular weight is 351 g/mol. The number of alkyl halides is 3. The van der Waals surface area contributed by atoms with Crippen LogP contribution in [-0.2, 0) is 0 Å². The molecule has 0 saturated carbocycles. The normalized spacial score (nSPS) is 21.9. The Balaban J connectivity index is 2.17. The molecule has 2 N–H and O–H groups in total. The zero-order valence-corrected chi connectivity index (χ0v) is 12.8. The van der Waals surface area contributed by atoms with E-state index in [0.717, 1.165) is 15.7 Å². The molecule has 6 heteroatoms. The second-order valence-corrected chi connectivity index (χ2v) is 6.18. The van der Waals surface area contributed by atoms with Gasteiger partial charge in [-0.1, -0.05) is 22.0 Å². The summed E-state index contributed by atoms with van der Waals surface area (Å²) in [6.45, 7) is 2.57. The molecule has 1 aromatic rings. The highest BCUT2D eigenvalue weighted by Gasteiger charge is 2.41. The lowest BCUT2D eigenvalue weighted by molar-refractivity contribution is -0.175. The number of benzene rings is 1. The van der Waals surface area contributed by atoms with Gasteiger partial charge in [0.05, 0.1) is 5.92 Å². The minimum absolute atomic E-state index is 0.0352. The average Bonchev–Trinajstić information content (AvgIpc) is 2.37. The van der Waals surface area contributed by atoms with Gasteiger partial charge < -0.3 is 10.6 Å². The van der Waals surface area contributed by atoms with Crippen LogP contribution >= 0.6 is 15.9 Å². The van der Waals surface area contributed by atoms with E-state index in [2.05, 4.69) is 15.9 Å². The van der Waals surface area contributed by atoms with Crippen LogP contribution in [0, 0.1) is 5.92 Å². The molecule has 2 rings (SSSR count). The molecule has 2 nitrogen and oxygen atoms in total. The van der Waals surface area contributed by atoms with E-state index in [1.807, 2.05) is 25.1 Å². The van der Waals surface area contributed by atoms with Crippen molar-refractivity contribution in [3.63, 3.8) is 0 Å². The van der Waals surface area contributed by atoms with Crippen molar-refractivity contribution in [1.29, 1.82) is 0 Å². The maximum Gasteiger partial charge on any atom is 0.393 e. The van der Waals surface area contributed by atoms with E-state index in [9.17, 15) is 13.2 Å². The number of halogens is 4. The smallest absolute Gasteiger partial charge is 0.371 e. The fraction of sp³-hybridized carbons (Fsp3) is 0.571. The van der Waals surface area contributed by atoms with E-state index in [1.54, 1.807) is 4.90 Å². The Morgan fingerprint density at radius 2 is 2.10 bits per heavy atom. The van der Waals surface area contributed by atoms with Gasteiger partial charge in [0.25, 0.3) is 0 Å². The summed E-state index contributed by atoms with van der Waals surface area (Å²) in [7, 11) is 0. The Hall–Kier alpha value is -0.750. The van der Waals surface area contributed by atoms with Crippen molar-refractivity contribution < 1.29 is 13.2 Å². The summed E-state index contributed by atoms with van der Waals surface area (Å²) < 4.78 is 39.3. The molecular weight excluding hydrogens is 333 g/mol. The van der Waals surface area contributed by atoms with Crippen molar-refractivity contribution in [3.05, 3.63) is 28.2 Å². The molecule has 20 heavy (non-hydrogen) atoms. The summed E-state index contributed by atoms with van der Waals surface area (Å²) in [5.41, 5.74) is 7.60. The molecule has 0 bridgehead atoms. The van der Waals surface area contributed by atoms with Crippen LogP contribution in [0.4, 0.5) is 18.9 Å². The van der Waals surface area contributed by atoms with Gasteiger partial charge in [0.2, 0.25) is 0 Å². The molecule has 1 fully saturated rings. The second kappa shape index (κ2) is 5.93. The fourth-order valence-electron chi connectivity index (χ4n) is 2.56. The molecular formula is C14H18BrF3N2. The number of anilines is 1. The number of hydrogen-bond acceptors (Lipinski definition) is 2. The summed E-state index contributed by atoms with van der Waals surface area (Å²) in [6.07, 6.45) is -3.32. The zero-order valence-electron chi connectivity index (χ0n) is 11.3. The second-order valence-electron chi connectivity index (χ2n) is 5.32. The summed E-state index contributed by atoms with van der Waals surface area (Å²) in [5.74, 6) is -1.23. The van der Waals surface area contributed by atoms with Crippen molar-refractivity contribution in [2.24, 2.45) is 11.7 Å². The highest BCUT2D eigenvalue weighted by Crippen LogP contribution is 2.36. The predicted octanol–water partition coefficient (Wildman–Crippen LogP) is 4.25. The Bertz CT molecular complexity index is 474. The van der Waals surface area contributed by atoms with E-state index in [4.69, 9.17) is 5.73 Å². The third kappa shape index (κ3) is 3.47. The van der Waals surface area contributed by atoms with Crippen LogP contribution in [0.1, 0.15) is 31.4 Å². The largest absolute Gasteiger partial charge is 0.393 e. The Morgan fingerprint density at radius 1 is 1.40 bits per heavy atom. The van der Waals surface area contributed by atoms with Gasteiger partial charge in [-0.3, -0.25) is 0 Å². The minimum Gasteiger partial charge on any atom is -0.371 e. The van der Waals surface area contributed by atoms with E-state index >= 15 is 0 Å². The molecule has 1 heterocycles. The van der Waals surface area contributed by atoms with Gasteiger partial charge in [-0.15, -0.1) is 0 Å². The first-order chi connectivity index (χ1) is 9.29.